The van der Waals surface area contributed by atoms with E-state index in [-0.39, 0.29) is 11.4 Å². The number of carbonyl (C=O) groups excluding carboxylic acids is 2. The summed E-state index contributed by atoms with van der Waals surface area (Å²) in [6, 6.07) is 14.1. The van der Waals surface area contributed by atoms with E-state index in [1.165, 1.54) is 17.2 Å². The molecule has 0 unspecified atom stereocenters. The second-order valence-electron chi connectivity index (χ2n) is 11.0. The van der Waals surface area contributed by atoms with Gasteiger partial charge in [-0.15, -0.1) is 23.2 Å². The standard InChI is InChI=1S/C31H36Cl2N2O3/c1-31-14-13-26-25-9-7-24(20-22(25)6-8-27(26)28(31)10-11-29(36)34-31)38-30(37)12-5-21-3-2-4-23(19-21)35(17-15-32)18-16-33/h2-5,7,9,12,19-20,26-28H,6,8,10-11,13-18H2,1H3,(H,34,36)/b12-5+/t26-,27-,28+,31+/m1/s1. The van der Waals surface area contributed by atoms with Crippen molar-refractivity contribution >= 4 is 46.8 Å². The SMILES string of the molecule is C[C@]12CC[C@@H]3c4ccc(OC(=O)/C=C/c5cccc(N(CCCl)CCCl)c5)cc4CC[C@H]3[C@@H]1CCC(=O)N2. The predicted molar refractivity (Wildman–Crippen MR) is 154 cm³/mol. The zero-order valence-corrected chi connectivity index (χ0v) is 23.4. The van der Waals surface area contributed by atoms with E-state index in [0.29, 0.717) is 54.8 Å². The van der Waals surface area contributed by atoms with Crippen LogP contribution in [0.15, 0.2) is 48.5 Å². The number of aryl methyl sites for hydroxylation is 1. The number of hydrogen-bond acceptors (Lipinski definition) is 4. The van der Waals surface area contributed by atoms with Crippen LogP contribution in [-0.2, 0) is 16.0 Å². The molecule has 5 rings (SSSR count). The van der Waals surface area contributed by atoms with Crippen molar-refractivity contribution in [2.75, 3.05) is 29.7 Å². The molecule has 2 fully saturated rings. The summed E-state index contributed by atoms with van der Waals surface area (Å²) in [6.45, 7) is 3.66. The molecule has 38 heavy (non-hydrogen) atoms. The largest absolute Gasteiger partial charge is 0.423 e. The smallest absolute Gasteiger partial charge is 0.336 e. The first kappa shape index (κ1) is 27.1. The van der Waals surface area contributed by atoms with Gasteiger partial charge in [0.1, 0.15) is 5.75 Å². The van der Waals surface area contributed by atoms with E-state index in [2.05, 4.69) is 23.2 Å². The highest BCUT2D eigenvalue weighted by Gasteiger charge is 2.50. The Kier molecular flexibility index (Phi) is 8.35. The molecule has 4 atom stereocenters. The Morgan fingerprint density at radius 1 is 1.11 bits per heavy atom. The lowest BCUT2D eigenvalue weighted by atomic mass is 9.55. The van der Waals surface area contributed by atoms with Gasteiger partial charge in [-0.1, -0.05) is 18.2 Å². The number of benzene rings is 2. The van der Waals surface area contributed by atoms with Crippen LogP contribution < -0.4 is 15.0 Å². The number of nitrogens with zero attached hydrogens (tertiary/aromatic N) is 1. The fraction of sp³-hybridized carbons (Fsp3) is 0.484. The van der Waals surface area contributed by atoms with Crippen LogP contribution in [0.4, 0.5) is 5.69 Å². The molecular weight excluding hydrogens is 519 g/mol. The van der Waals surface area contributed by atoms with E-state index in [9.17, 15) is 9.59 Å². The quantitative estimate of drug-likeness (QED) is 0.179. The maximum atomic E-state index is 12.6. The Morgan fingerprint density at radius 2 is 1.92 bits per heavy atom. The average molecular weight is 556 g/mol. The molecule has 1 aliphatic heterocycles. The average Bonchev–Trinajstić information content (AvgIpc) is 2.91. The molecule has 1 saturated carbocycles. The maximum absolute atomic E-state index is 12.6. The lowest BCUT2D eigenvalue weighted by molar-refractivity contribution is -0.130. The zero-order chi connectivity index (χ0) is 26.7. The molecule has 2 aromatic carbocycles. The van der Waals surface area contributed by atoms with Crippen molar-refractivity contribution in [2.45, 2.75) is 56.9 Å². The van der Waals surface area contributed by atoms with Crippen LogP contribution in [0.1, 0.15) is 61.6 Å². The predicted octanol–water partition coefficient (Wildman–Crippen LogP) is 6.31. The number of rotatable bonds is 8. The monoisotopic (exact) mass is 554 g/mol. The number of fused-ring (bicyclic) bond motifs is 5. The summed E-state index contributed by atoms with van der Waals surface area (Å²) in [5.74, 6) is 3.07. The highest BCUT2D eigenvalue weighted by atomic mass is 35.5. The number of amides is 1. The van der Waals surface area contributed by atoms with Crippen molar-refractivity contribution in [3.05, 3.63) is 65.2 Å². The van der Waals surface area contributed by atoms with Gasteiger partial charge in [-0.3, -0.25) is 4.79 Å². The molecule has 0 bridgehead atoms. The van der Waals surface area contributed by atoms with Gasteiger partial charge in [0, 0.05) is 48.6 Å². The van der Waals surface area contributed by atoms with E-state index >= 15 is 0 Å². The van der Waals surface area contributed by atoms with Crippen LogP contribution >= 0.6 is 23.2 Å². The van der Waals surface area contributed by atoms with E-state index in [0.717, 1.165) is 43.4 Å². The van der Waals surface area contributed by atoms with Crippen molar-refractivity contribution in [1.29, 1.82) is 0 Å². The van der Waals surface area contributed by atoms with Crippen molar-refractivity contribution < 1.29 is 14.3 Å². The van der Waals surface area contributed by atoms with Gasteiger partial charge in [0.25, 0.3) is 0 Å². The molecular formula is C31H36Cl2N2O3. The van der Waals surface area contributed by atoms with Crippen molar-refractivity contribution in [3.63, 3.8) is 0 Å². The van der Waals surface area contributed by atoms with Crippen LogP contribution in [0, 0.1) is 11.8 Å². The molecule has 202 valence electrons. The Balaban J connectivity index is 1.24. The van der Waals surface area contributed by atoms with Crippen LogP contribution in [0.5, 0.6) is 5.75 Å². The highest BCUT2D eigenvalue weighted by molar-refractivity contribution is 6.18. The molecule has 1 amide bonds. The van der Waals surface area contributed by atoms with Crippen molar-refractivity contribution in [3.8, 4) is 5.75 Å². The second kappa shape index (κ2) is 11.7. The van der Waals surface area contributed by atoms with Crippen molar-refractivity contribution in [2.24, 2.45) is 11.8 Å². The van der Waals surface area contributed by atoms with Crippen LogP contribution in [0.2, 0.25) is 0 Å². The number of nitrogens with one attached hydrogen (secondary N) is 1. The normalized spacial score (nSPS) is 26.2. The fourth-order valence-electron chi connectivity index (χ4n) is 7.01. The van der Waals surface area contributed by atoms with Gasteiger partial charge >= 0.3 is 5.97 Å². The number of hydrogen-bond donors (Lipinski definition) is 1. The van der Waals surface area contributed by atoms with Crippen LogP contribution in [-0.4, -0.2) is 42.3 Å². The molecule has 1 saturated heterocycles. The summed E-state index contributed by atoms with van der Waals surface area (Å²) >= 11 is 11.9. The third kappa shape index (κ3) is 5.74. The molecule has 1 N–H and O–H groups in total. The van der Waals surface area contributed by atoms with Crippen LogP contribution in [0.25, 0.3) is 6.08 Å². The third-order valence-corrected chi connectivity index (χ3v) is 9.11. The summed E-state index contributed by atoms with van der Waals surface area (Å²) in [7, 11) is 0. The molecule has 3 aliphatic rings. The number of piperidine rings is 1. The van der Waals surface area contributed by atoms with E-state index in [1.54, 1.807) is 6.08 Å². The minimum Gasteiger partial charge on any atom is -0.423 e. The minimum absolute atomic E-state index is 0.0676. The van der Waals surface area contributed by atoms with Gasteiger partial charge in [-0.2, -0.15) is 0 Å². The maximum Gasteiger partial charge on any atom is 0.336 e. The zero-order valence-electron chi connectivity index (χ0n) is 21.9. The van der Waals surface area contributed by atoms with Gasteiger partial charge < -0.3 is 15.0 Å². The Labute approximate surface area is 235 Å². The topological polar surface area (TPSA) is 58.6 Å². The second-order valence-corrected chi connectivity index (χ2v) is 11.8. The van der Waals surface area contributed by atoms with Gasteiger partial charge in [0.15, 0.2) is 0 Å². The third-order valence-electron chi connectivity index (χ3n) is 8.77. The van der Waals surface area contributed by atoms with E-state index in [4.69, 9.17) is 27.9 Å². The van der Waals surface area contributed by atoms with Gasteiger partial charge in [0.05, 0.1) is 0 Å². The van der Waals surface area contributed by atoms with E-state index < -0.39 is 5.97 Å². The highest BCUT2D eigenvalue weighted by Crippen LogP contribution is 2.53. The van der Waals surface area contributed by atoms with E-state index in [1.807, 2.05) is 36.4 Å². The molecule has 2 aromatic rings. The molecule has 1 heterocycles. The van der Waals surface area contributed by atoms with Crippen LogP contribution in [0.3, 0.4) is 0 Å². The molecule has 0 aromatic heterocycles. The van der Waals surface area contributed by atoms with Gasteiger partial charge in [-0.25, -0.2) is 4.79 Å². The first-order valence-corrected chi connectivity index (χ1v) is 14.8. The molecule has 5 nitrogen and oxygen atoms in total. The lowest BCUT2D eigenvalue weighted by Gasteiger charge is -2.54. The summed E-state index contributed by atoms with van der Waals surface area (Å²) in [6.07, 6.45) is 9.07. The fourth-order valence-corrected chi connectivity index (χ4v) is 7.42. The molecule has 0 radical (unpaired) electrons. The molecule has 7 heteroatoms. The Morgan fingerprint density at radius 3 is 2.71 bits per heavy atom. The lowest BCUT2D eigenvalue weighted by Crippen LogP contribution is -2.60. The summed E-state index contributed by atoms with van der Waals surface area (Å²) in [4.78, 5) is 26.8. The number of halogens is 2. The Hall–Kier alpha value is -2.50. The first-order valence-electron chi connectivity index (χ1n) is 13.7. The number of carbonyl (C=O) groups is 2. The summed E-state index contributed by atoms with van der Waals surface area (Å²) in [5, 5.41) is 3.31. The molecule has 0 spiro atoms. The number of anilines is 1. The van der Waals surface area contributed by atoms with Gasteiger partial charge in [0.2, 0.25) is 5.91 Å². The first-order chi connectivity index (χ1) is 18.4. The minimum atomic E-state index is -0.395. The summed E-state index contributed by atoms with van der Waals surface area (Å²) in [5.41, 5.74) is 4.55. The van der Waals surface area contributed by atoms with Crippen molar-refractivity contribution in [1.82, 2.24) is 5.32 Å². The summed E-state index contributed by atoms with van der Waals surface area (Å²) < 4.78 is 5.69. The number of ether oxygens (including phenoxy) is 1. The molecule has 2 aliphatic carbocycles. The number of alkyl halides is 2. The number of esters is 1. The van der Waals surface area contributed by atoms with Gasteiger partial charge in [-0.05, 0) is 104 Å². The Bertz CT molecular complexity index is 1210.